The second kappa shape index (κ2) is 5.46. The van der Waals surface area contributed by atoms with E-state index in [2.05, 4.69) is 51.0 Å². The summed E-state index contributed by atoms with van der Waals surface area (Å²) in [5.74, 6) is 0. The molecule has 0 radical (unpaired) electrons. The van der Waals surface area contributed by atoms with Crippen molar-refractivity contribution in [1.82, 2.24) is 10.2 Å². The van der Waals surface area contributed by atoms with E-state index in [9.17, 15) is 0 Å². The number of nitrogens with one attached hydrogen (secondary N) is 1. The van der Waals surface area contributed by atoms with Crippen LogP contribution in [0, 0.1) is 27.7 Å². The summed E-state index contributed by atoms with van der Waals surface area (Å²) in [5.41, 5.74) is 7.15. The molecule has 0 spiro atoms. The molecule has 0 aliphatic heterocycles. The van der Waals surface area contributed by atoms with Crippen molar-refractivity contribution in [3.8, 4) is 0 Å². The molecule has 0 aliphatic rings. The molecule has 1 aromatic rings. The molecular formula is C14H24N2. The van der Waals surface area contributed by atoms with E-state index >= 15 is 0 Å². The zero-order valence-electron chi connectivity index (χ0n) is 11.4. The van der Waals surface area contributed by atoms with Gasteiger partial charge in [-0.25, -0.2) is 0 Å². The number of nitrogens with zero attached hydrogens (tertiary/aromatic N) is 1. The molecule has 1 aromatic carbocycles. The summed E-state index contributed by atoms with van der Waals surface area (Å²) in [6, 6.07) is 2.28. The lowest BCUT2D eigenvalue weighted by molar-refractivity contribution is 0.308. The van der Waals surface area contributed by atoms with Gasteiger partial charge in [0.15, 0.2) is 0 Å². The average molecular weight is 220 g/mol. The molecule has 0 aromatic heterocycles. The van der Waals surface area contributed by atoms with E-state index in [1.54, 1.807) is 0 Å². The first-order chi connectivity index (χ1) is 7.47. The Morgan fingerprint density at radius 3 is 2.00 bits per heavy atom. The Kier molecular flexibility index (Phi) is 4.51. The van der Waals surface area contributed by atoms with Crippen LogP contribution in [0.25, 0.3) is 0 Å². The highest BCUT2D eigenvalue weighted by molar-refractivity contribution is 5.43. The van der Waals surface area contributed by atoms with Gasteiger partial charge in [0.25, 0.3) is 0 Å². The summed E-state index contributed by atoms with van der Waals surface area (Å²) >= 11 is 0. The van der Waals surface area contributed by atoms with Crippen LogP contribution in [0.5, 0.6) is 0 Å². The first-order valence-corrected chi connectivity index (χ1v) is 5.86. The standard InChI is InChI=1S/C14H24N2/c1-10-7-11(2)13(4)14(12(10)3)8-16(6)9-15-5/h7,15H,8-9H2,1-6H3. The summed E-state index contributed by atoms with van der Waals surface area (Å²) in [4.78, 5) is 2.30. The fourth-order valence-corrected chi connectivity index (χ4v) is 2.13. The van der Waals surface area contributed by atoms with Crippen molar-refractivity contribution in [2.75, 3.05) is 20.8 Å². The molecule has 2 heteroatoms. The van der Waals surface area contributed by atoms with Gasteiger partial charge in [0, 0.05) is 13.2 Å². The van der Waals surface area contributed by atoms with Crippen molar-refractivity contribution in [3.63, 3.8) is 0 Å². The van der Waals surface area contributed by atoms with Crippen LogP contribution >= 0.6 is 0 Å². The van der Waals surface area contributed by atoms with Crippen molar-refractivity contribution in [2.45, 2.75) is 34.2 Å². The van der Waals surface area contributed by atoms with Gasteiger partial charge in [-0.1, -0.05) is 6.07 Å². The molecule has 0 saturated carbocycles. The van der Waals surface area contributed by atoms with Crippen LogP contribution < -0.4 is 5.32 Å². The lowest BCUT2D eigenvalue weighted by atomic mass is 9.94. The third-order valence-electron chi connectivity index (χ3n) is 3.38. The molecule has 2 nitrogen and oxygen atoms in total. The Bertz CT molecular complexity index is 343. The minimum Gasteiger partial charge on any atom is -0.307 e. The number of benzene rings is 1. The Balaban J connectivity index is 3.03. The van der Waals surface area contributed by atoms with E-state index in [1.165, 1.54) is 27.8 Å². The summed E-state index contributed by atoms with van der Waals surface area (Å²) in [5, 5.41) is 3.18. The number of hydrogen-bond acceptors (Lipinski definition) is 2. The molecule has 0 heterocycles. The molecule has 0 aliphatic carbocycles. The lowest BCUT2D eigenvalue weighted by Crippen LogP contribution is -2.28. The van der Waals surface area contributed by atoms with E-state index in [4.69, 9.17) is 0 Å². The van der Waals surface area contributed by atoms with Gasteiger partial charge in [-0.05, 0) is 69.6 Å². The van der Waals surface area contributed by atoms with Gasteiger partial charge in [-0.3, -0.25) is 4.90 Å². The molecule has 0 saturated heterocycles. The quantitative estimate of drug-likeness (QED) is 0.784. The first kappa shape index (κ1) is 13.2. The zero-order valence-corrected chi connectivity index (χ0v) is 11.4. The van der Waals surface area contributed by atoms with Gasteiger partial charge in [-0.15, -0.1) is 0 Å². The highest BCUT2D eigenvalue weighted by Gasteiger charge is 2.09. The van der Waals surface area contributed by atoms with Gasteiger partial charge in [0.05, 0.1) is 0 Å². The molecule has 0 unspecified atom stereocenters. The monoisotopic (exact) mass is 220 g/mol. The number of rotatable bonds is 4. The maximum Gasteiger partial charge on any atom is 0.0478 e. The highest BCUT2D eigenvalue weighted by atomic mass is 15.2. The summed E-state index contributed by atoms with van der Waals surface area (Å²) in [6.07, 6.45) is 0. The smallest absolute Gasteiger partial charge is 0.0478 e. The van der Waals surface area contributed by atoms with Gasteiger partial charge in [-0.2, -0.15) is 0 Å². The molecule has 0 atom stereocenters. The molecule has 1 rings (SSSR count). The third kappa shape index (κ3) is 2.83. The highest BCUT2D eigenvalue weighted by Crippen LogP contribution is 2.22. The Morgan fingerprint density at radius 2 is 1.56 bits per heavy atom. The zero-order chi connectivity index (χ0) is 12.3. The van der Waals surface area contributed by atoms with Crippen molar-refractivity contribution >= 4 is 0 Å². The largest absolute Gasteiger partial charge is 0.307 e. The van der Waals surface area contributed by atoms with Crippen molar-refractivity contribution < 1.29 is 0 Å². The Morgan fingerprint density at radius 1 is 1.06 bits per heavy atom. The second-order valence-corrected chi connectivity index (χ2v) is 4.76. The van der Waals surface area contributed by atoms with E-state index in [0.717, 1.165) is 13.2 Å². The SMILES string of the molecule is CNCN(C)Cc1c(C)c(C)cc(C)c1C. The first-order valence-electron chi connectivity index (χ1n) is 5.86. The fraction of sp³-hybridized carbons (Fsp3) is 0.571. The molecule has 0 bridgehead atoms. The van der Waals surface area contributed by atoms with E-state index in [1.807, 2.05) is 7.05 Å². The minimum atomic E-state index is 0.922. The predicted molar refractivity (Wildman–Crippen MR) is 70.8 cm³/mol. The number of aryl methyl sites for hydroxylation is 2. The van der Waals surface area contributed by atoms with Gasteiger partial charge in [0.2, 0.25) is 0 Å². The molecular weight excluding hydrogens is 196 g/mol. The van der Waals surface area contributed by atoms with Crippen LogP contribution in [0.3, 0.4) is 0 Å². The summed E-state index contributed by atoms with van der Waals surface area (Å²) in [7, 11) is 4.13. The molecule has 90 valence electrons. The van der Waals surface area contributed by atoms with E-state index in [0.29, 0.717) is 0 Å². The average Bonchev–Trinajstić information content (AvgIpc) is 2.22. The topological polar surface area (TPSA) is 15.3 Å². The van der Waals surface area contributed by atoms with Crippen LogP contribution in [0.1, 0.15) is 27.8 Å². The summed E-state index contributed by atoms with van der Waals surface area (Å²) < 4.78 is 0. The maximum absolute atomic E-state index is 3.18. The van der Waals surface area contributed by atoms with Gasteiger partial charge in [0.1, 0.15) is 0 Å². The minimum absolute atomic E-state index is 0.922. The van der Waals surface area contributed by atoms with Crippen LogP contribution in [0.15, 0.2) is 6.07 Å². The lowest BCUT2D eigenvalue weighted by Gasteiger charge is -2.21. The molecule has 0 amide bonds. The Hall–Kier alpha value is -0.860. The van der Waals surface area contributed by atoms with Crippen molar-refractivity contribution in [2.24, 2.45) is 0 Å². The number of hydrogen-bond donors (Lipinski definition) is 1. The Labute approximate surface area is 99.7 Å². The van der Waals surface area contributed by atoms with Crippen LogP contribution in [0.4, 0.5) is 0 Å². The predicted octanol–water partition coefficient (Wildman–Crippen LogP) is 2.53. The van der Waals surface area contributed by atoms with Crippen LogP contribution in [-0.4, -0.2) is 25.7 Å². The third-order valence-corrected chi connectivity index (χ3v) is 3.38. The fourth-order valence-electron chi connectivity index (χ4n) is 2.13. The van der Waals surface area contributed by atoms with Gasteiger partial charge < -0.3 is 5.32 Å². The normalized spacial score (nSPS) is 11.2. The maximum atomic E-state index is 3.18. The summed E-state index contributed by atoms with van der Waals surface area (Å²) in [6.45, 7) is 10.8. The van der Waals surface area contributed by atoms with Crippen LogP contribution in [-0.2, 0) is 6.54 Å². The molecule has 0 fully saturated rings. The van der Waals surface area contributed by atoms with E-state index < -0.39 is 0 Å². The van der Waals surface area contributed by atoms with Crippen LogP contribution in [0.2, 0.25) is 0 Å². The van der Waals surface area contributed by atoms with E-state index in [-0.39, 0.29) is 0 Å². The van der Waals surface area contributed by atoms with Crippen molar-refractivity contribution in [1.29, 1.82) is 0 Å². The van der Waals surface area contributed by atoms with Crippen molar-refractivity contribution in [3.05, 3.63) is 33.9 Å². The second-order valence-electron chi connectivity index (χ2n) is 4.76. The molecule has 1 N–H and O–H groups in total. The molecule has 16 heavy (non-hydrogen) atoms. The van der Waals surface area contributed by atoms with Gasteiger partial charge >= 0.3 is 0 Å².